The van der Waals surface area contributed by atoms with E-state index in [9.17, 15) is 0 Å². The second-order valence-corrected chi connectivity index (χ2v) is 7.50. The fourth-order valence-electron chi connectivity index (χ4n) is 2.80. The van der Waals surface area contributed by atoms with Crippen molar-refractivity contribution in [3.8, 4) is 17.1 Å². The van der Waals surface area contributed by atoms with Crippen LogP contribution in [-0.2, 0) is 12.3 Å². The standard InChI is InChI=1S/C21H18ClN3O2S/c1-26-18-5-2-4-16(12-18)20-23-24-21(25(20)13-19-6-3-11-27-19)28-14-15-7-9-17(22)10-8-15/h2-12H,13-14H2,1H3. The average Bonchev–Trinajstić information content (AvgIpc) is 3.38. The summed E-state index contributed by atoms with van der Waals surface area (Å²) in [5.74, 6) is 3.16. The summed E-state index contributed by atoms with van der Waals surface area (Å²) in [7, 11) is 1.65. The lowest BCUT2D eigenvalue weighted by atomic mass is 10.2. The average molecular weight is 412 g/mol. The predicted molar refractivity (Wildman–Crippen MR) is 111 cm³/mol. The van der Waals surface area contributed by atoms with Crippen LogP contribution >= 0.6 is 23.4 Å². The number of aromatic nitrogens is 3. The van der Waals surface area contributed by atoms with Gasteiger partial charge in [-0.15, -0.1) is 10.2 Å². The Morgan fingerprint density at radius 3 is 2.68 bits per heavy atom. The summed E-state index contributed by atoms with van der Waals surface area (Å²) < 4.78 is 13.0. The second kappa shape index (κ2) is 8.54. The third-order valence-electron chi connectivity index (χ3n) is 4.22. The number of methoxy groups -OCH3 is 1. The van der Waals surface area contributed by atoms with E-state index >= 15 is 0 Å². The van der Waals surface area contributed by atoms with Gasteiger partial charge >= 0.3 is 0 Å². The molecule has 0 aliphatic carbocycles. The molecule has 0 aliphatic heterocycles. The number of ether oxygens (including phenoxy) is 1. The quantitative estimate of drug-likeness (QED) is 0.373. The van der Waals surface area contributed by atoms with Gasteiger partial charge in [0, 0.05) is 16.3 Å². The van der Waals surface area contributed by atoms with Crippen LogP contribution in [0.25, 0.3) is 11.4 Å². The Bertz CT molecular complexity index is 1050. The van der Waals surface area contributed by atoms with Gasteiger partial charge in [-0.2, -0.15) is 0 Å². The maximum Gasteiger partial charge on any atom is 0.192 e. The first kappa shape index (κ1) is 18.7. The van der Waals surface area contributed by atoms with Crippen LogP contribution in [0, 0.1) is 0 Å². The van der Waals surface area contributed by atoms with E-state index in [-0.39, 0.29) is 0 Å². The lowest BCUT2D eigenvalue weighted by molar-refractivity contribution is 0.415. The summed E-state index contributed by atoms with van der Waals surface area (Å²) in [5.41, 5.74) is 2.11. The van der Waals surface area contributed by atoms with E-state index in [1.165, 1.54) is 5.56 Å². The highest BCUT2D eigenvalue weighted by atomic mass is 35.5. The minimum absolute atomic E-state index is 0.551. The Kier molecular flexibility index (Phi) is 5.69. The highest BCUT2D eigenvalue weighted by Gasteiger charge is 2.16. The summed E-state index contributed by atoms with van der Waals surface area (Å²) >= 11 is 7.60. The van der Waals surface area contributed by atoms with Crippen molar-refractivity contribution in [3.63, 3.8) is 0 Å². The Hall–Kier alpha value is -2.70. The molecule has 0 N–H and O–H groups in total. The maximum absolute atomic E-state index is 5.98. The predicted octanol–water partition coefficient (Wildman–Crippen LogP) is 5.54. The molecule has 5 nitrogen and oxygen atoms in total. The van der Waals surface area contributed by atoms with Crippen LogP contribution in [0.1, 0.15) is 11.3 Å². The lowest BCUT2D eigenvalue weighted by Gasteiger charge is -2.10. The topological polar surface area (TPSA) is 53.1 Å². The Balaban J connectivity index is 1.65. The number of furan rings is 1. The zero-order valence-electron chi connectivity index (χ0n) is 15.2. The van der Waals surface area contributed by atoms with Gasteiger partial charge < -0.3 is 9.15 Å². The second-order valence-electron chi connectivity index (χ2n) is 6.12. The van der Waals surface area contributed by atoms with Gasteiger partial charge in [0.2, 0.25) is 0 Å². The number of halogens is 1. The molecule has 0 radical (unpaired) electrons. The van der Waals surface area contributed by atoms with Crippen LogP contribution in [0.2, 0.25) is 5.02 Å². The van der Waals surface area contributed by atoms with Crippen LogP contribution in [0.15, 0.2) is 76.5 Å². The summed E-state index contributed by atoms with van der Waals surface area (Å²) in [6.45, 7) is 0.551. The third kappa shape index (κ3) is 4.24. The monoisotopic (exact) mass is 411 g/mol. The van der Waals surface area contributed by atoms with Crippen molar-refractivity contribution >= 4 is 23.4 Å². The molecule has 2 aromatic heterocycles. The summed E-state index contributed by atoms with van der Waals surface area (Å²) in [6, 6.07) is 19.5. The number of hydrogen-bond acceptors (Lipinski definition) is 5. The number of rotatable bonds is 7. The number of hydrogen-bond donors (Lipinski definition) is 0. The molecule has 7 heteroatoms. The first-order valence-electron chi connectivity index (χ1n) is 8.70. The fourth-order valence-corrected chi connectivity index (χ4v) is 3.82. The molecule has 0 bridgehead atoms. The molecule has 28 heavy (non-hydrogen) atoms. The van der Waals surface area contributed by atoms with Gasteiger partial charge in [0.1, 0.15) is 11.5 Å². The Labute approximate surface area is 172 Å². The van der Waals surface area contributed by atoms with E-state index in [1.54, 1.807) is 25.1 Å². The molecule has 2 heterocycles. The molecule has 0 saturated carbocycles. The lowest BCUT2D eigenvalue weighted by Crippen LogP contribution is -2.03. The van der Waals surface area contributed by atoms with Gasteiger partial charge in [-0.3, -0.25) is 4.57 Å². The van der Waals surface area contributed by atoms with Crippen molar-refractivity contribution < 1.29 is 9.15 Å². The highest BCUT2D eigenvalue weighted by molar-refractivity contribution is 7.98. The molecular formula is C21H18ClN3O2S. The molecule has 4 aromatic rings. The molecule has 142 valence electrons. The van der Waals surface area contributed by atoms with Gasteiger partial charge in [0.25, 0.3) is 0 Å². The molecule has 0 fully saturated rings. The van der Waals surface area contributed by atoms with E-state index < -0.39 is 0 Å². The van der Waals surface area contributed by atoms with Gasteiger partial charge in [-0.05, 0) is 42.0 Å². The Morgan fingerprint density at radius 2 is 1.93 bits per heavy atom. The smallest absolute Gasteiger partial charge is 0.192 e. The van der Waals surface area contributed by atoms with Crippen LogP contribution in [0.3, 0.4) is 0 Å². The zero-order chi connectivity index (χ0) is 19.3. The van der Waals surface area contributed by atoms with E-state index in [0.29, 0.717) is 6.54 Å². The molecule has 4 rings (SSSR count). The first-order valence-corrected chi connectivity index (χ1v) is 10.1. The highest BCUT2D eigenvalue weighted by Crippen LogP contribution is 2.29. The largest absolute Gasteiger partial charge is 0.497 e. The van der Waals surface area contributed by atoms with Crippen LogP contribution in [-0.4, -0.2) is 21.9 Å². The number of nitrogens with zero attached hydrogens (tertiary/aromatic N) is 3. The molecule has 2 aromatic carbocycles. The third-order valence-corrected chi connectivity index (χ3v) is 5.51. The number of benzene rings is 2. The van der Waals surface area contributed by atoms with Crippen LogP contribution in [0.4, 0.5) is 0 Å². The zero-order valence-corrected chi connectivity index (χ0v) is 16.8. The SMILES string of the molecule is COc1cccc(-c2nnc(SCc3ccc(Cl)cc3)n2Cc2ccco2)c1. The summed E-state index contributed by atoms with van der Waals surface area (Å²) in [6.07, 6.45) is 1.67. The molecular weight excluding hydrogens is 394 g/mol. The van der Waals surface area contributed by atoms with Crippen molar-refractivity contribution in [2.75, 3.05) is 7.11 Å². The van der Waals surface area contributed by atoms with Crippen molar-refractivity contribution in [1.82, 2.24) is 14.8 Å². The van der Waals surface area contributed by atoms with Gasteiger partial charge in [0.15, 0.2) is 11.0 Å². The molecule has 0 unspecified atom stereocenters. The fraction of sp³-hybridized carbons (Fsp3) is 0.143. The van der Waals surface area contributed by atoms with Gasteiger partial charge in [0.05, 0.1) is 19.9 Å². The first-order chi connectivity index (χ1) is 13.7. The molecule has 0 aliphatic rings. The molecule has 0 spiro atoms. The van der Waals surface area contributed by atoms with Crippen LogP contribution < -0.4 is 4.74 Å². The van der Waals surface area contributed by atoms with Gasteiger partial charge in [-0.1, -0.05) is 47.6 Å². The van der Waals surface area contributed by atoms with Crippen molar-refractivity contribution in [2.24, 2.45) is 0 Å². The molecule has 0 amide bonds. The van der Waals surface area contributed by atoms with Gasteiger partial charge in [-0.25, -0.2) is 0 Å². The van der Waals surface area contributed by atoms with Crippen molar-refractivity contribution in [1.29, 1.82) is 0 Å². The van der Waals surface area contributed by atoms with E-state index in [0.717, 1.165) is 38.8 Å². The minimum Gasteiger partial charge on any atom is -0.497 e. The minimum atomic E-state index is 0.551. The van der Waals surface area contributed by atoms with Crippen molar-refractivity contribution in [2.45, 2.75) is 17.5 Å². The normalized spacial score (nSPS) is 10.9. The number of thioether (sulfide) groups is 1. The Morgan fingerprint density at radius 1 is 1.07 bits per heavy atom. The van der Waals surface area contributed by atoms with Crippen molar-refractivity contribution in [3.05, 3.63) is 83.3 Å². The molecule has 0 atom stereocenters. The van der Waals surface area contributed by atoms with E-state index in [4.69, 9.17) is 20.8 Å². The summed E-state index contributed by atoms with van der Waals surface area (Å²) in [4.78, 5) is 0. The van der Waals surface area contributed by atoms with E-state index in [2.05, 4.69) is 14.8 Å². The van der Waals surface area contributed by atoms with E-state index in [1.807, 2.05) is 60.7 Å². The molecule has 0 saturated heterocycles. The summed E-state index contributed by atoms with van der Waals surface area (Å²) in [5, 5.41) is 10.4. The maximum atomic E-state index is 5.98. The van der Waals surface area contributed by atoms with Crippen LogP contribution in [0.5, 0.6) is 5.75 Å².